The van der Waals surface area contributed by atoms with E-state index in [1.54, 1.807) is 0 Å². The van der Waals surface area contributed by atoms with Crippen LogP contribution in [0.25, 0.3) is 10.9 Å². The summed E-state index contributed by atoms with van der Waals surface area (Å²) in [5.41, 5.74) is -2.73. The van der Waals surface area contributed by atoms with Gasteiger partial charge in [-0.2, -0.15) is 13.2 Å². The predicted molar refractivity (Wildman–Crippen MR) is 80.8 cm³/mol. The number of benzene rings is 1. The number of pyridine rings is 1. The SMILES string of the molecule is O=[N+]([O-])c1c(N2CCCC(O)(C(F)(F)F)C2)ccc2ncccc12. The molecule has 0 saturated carbocycles. The zero-order valence-corrected chi connectivity index (χ0v) is 12.5. The molecule has 2 aromatic rings. The average molecular weight is 341 g/mol. The number of aromatic nitrogens is 1. The molecule has 0 aliphatic carbocycles. The Morgan fingerprint density at radius 1 is 1.33 bits per heavy atom. The molecule has 1 unspecified atom stereocenters. The highest BCUT2D eigenvalue weighted by molar-refractivity contribution is 5.94. The molecule has 1 N–H and O–H groups in total. The third-order valence-electron chi connectivity index (χ3n) is 4.26. The van der Waals surface area contributed by atoms with E-state index in [2.05, 4.69) is 4.98 Å². The van der Waals surface area contributed by atoms with Crippen LogP contribution in [0.15, 0.2) is 30.5 Å². The smallest absolute Gasteiger partial charge is 0.379 e. The predicted octanol–water partition coefficient (Wildman–Crippen LogP) is 3.04. The molecule has 0 amide bonds. The van der Waals surface area contributed by atoms with E-state index in [1.165, 1.54) is 35.4 Å². The summed E-state index contributed by atoms with van der Waals surface area (Å²) in [5.74, 6) is 0. The highest BCUT2D eigenvalue weighted by Gasteiger charge is 2.55. The minimum atomic E-state index is -4.79. The molecule has 3 rings (SSSR count). The molecule has 128 valence electrons. The molecular formula is C15H14F3N3O3. The molecule has 1 aromatic carbocycles. The summed E-state index contributed by atoms with van der Waals surface area (Å²) in [6, 6.07) is 5.94. The van der Waals surface area contributed by atoms with Crippen molar-refractivity contribution in [1.82, 2.24) is 4.98 Å². The van der Waals surface area contributed by atoms with Gasteiger partial charge in [0.05, 0.1) is 22.4 Å². The average Bonchev–Trinajstić information content (AvgIpc) is 2.52. The van der Waals surface area contributed by atoms with Crippen molar-refractivity contribution in [3.63, 3.8) is 0 Å². The van der Waals surface area contributed by atoms with Gasteiger partial charge in [0.1, 0.15) is 5.69 Å². The van der Waals surface area contributed by atoms with Crippen LogP contribution in [-0.4, -0.2) is 39.9 Å². The van der Waals surface area contributed by atoms with E-state index in [1.807, 2.05) is 0 Å². The number of fused-ring (bicyclic) bond motifs is 1. The van der Waals surface area contributed by atoms with Gasteiger partial charge in [-0.3, -0.25) is 15.1 Å². The van der Waals surface area contributed by atoms with Crippen molar-refractivity contribution >= 4 is 22.3 Å². The van der Waals surface area contributed by atoms with Gasteiger partial charge in [-0.25, -0.2) is 0 Å². The van der Waals surface area contributed by atoms with E-state index < -0.39 is 29.7 Å². The van der Waals surface area contributed by atoms with Crippen molar-refractivity contribution in [3.05, 3.63) is 40.6 Å². The van der Waals surface area contributed by atoms with Crippen molar-refractivity contribution < 1.29 is 23.2 Å². The van der Waals surface area contributed by atoms with Crippen LogP contribution in [0.1, 0.15) is 12.8 Å². The number of hydrogen-bond donors (Lipinski definition) is 1. The van der Waals surface area contributed by atoms with Crippen molar-refractivity contribution in [1.29, 1.82) is 0 Å². The molecule has 1 aliphatic rings. The number of nitro benzene ring substituents is 1. The zero-order chi connectivity index (χ0) is 17.5. The molecule has 1 atom stereocenters. The Balaban J connectivity index is 2.09. The molecule has 24 heavy (non-hydrogen) atoms. The number of β-amino-alcohol motifs (C(OH)–C–C–N with tert-alkyl or cyclic N) is 1. The van der Waals surface area contributed by atoms with Gasteiger partial charge in [-0.15, -0.1) is 0 Å². The number of nitro groups is 1. The fraction of sp³-hybridized carbons (Fsp3) is 0.400. The lowest BCUT2D eigenvalue weighted by Gasteiger charge is -2.40. The van der Waals surface area contributed by atoms with Gasteiger partial charge < -0.3 is 10.0 Å². The maximum Gasteiger partial charge on any atom is 0.418 e. The molecule has 1 fully saturated rings. The highest BCUT2D eigenvalue weighted by Crippen LogP contribution is 2.42. The number of alkyl halides is 3. The minimum Gasteiger partial charge on any atom is -0.379 e. The minimum absolute atomic E-state index is 0.0582. The third-order valence-corrected chi connectivity index (χ3v) is 4.26. The summed E-state index contributed by atoms with van der Waals surface area (Å²) in [4.78, 5) is 16.1. The highest BCUT2D eigenvalue weighted by atomic mass is 19.4. The molecule has 2 heterocycles. The summed E-state index contributed by atoms with van der Waals surface area (Å²) in [6.07, 6.45) is -3.65. The first-order valence-corrected chi connectivity index (χ1v) is 7.29. The van der Waals surface area contributed by atoms with Crippen molar-refractivity contribution in [3.8, 4) is 0 Å². The van der Waals surface area contributed by atoms with Gasteiger partial charge in [0, 0.05) is 12.7 Å². The van der Waals surface area contributed by atoms with Gasteiger partial charge in [0.15, 0.2) is 5.60 Å². The first kappa shape index (κ1) is 16.4. The molecular weight excluding hydrogens is 327 g/mol. The molecule has 6 nitrogen and oxygen atoms in total. The van der Waals surface area contributed by atoms with E-state index >= 15 is 0 Å². The quantitative estimate of drug-likeness (QED) is 0.671. The van der Waals surface area contributed by atoms with E-state index in [0.717, 1.165) is 0 Å². The number of rotatable bonds is 2. The maximum absolute atomic E-state index is 13.1. The third kappa shape index (κ3) is 2.64. The van der Waals surface area contributed by atoms with Crippen LogP contribution in [0.2, 0.25) is 0 Å². The number of piperidine rings is 1. The summed E-state index contributed by atoms with van der Waals surface area (Å²) >= 11 is 0. The second-order valence-corrected chi connectivity index (χ2v) is 5.81. The molecule has 1 aliphatic heterocycles. The largest absolute Gasteiger partial charge is 0.418 e. The fourth-order valence-corrected chi connectivity index (χ4v) is 3.05. The van der Waals surface area contributed by atoms with Gasteiger partial charge in [-0.05, 0) is 37.1 Å². The van der Waals surface area contributed by atoms with Crippen LogP contribution in [-0.2, 0) is 0 Å². The summed E-state index contributed by atoms with van der Waals surface area (Å²) in [5, 5.41) is 21.7. The van der Waals surface area contributed by atoms with Gasteiger partial charge in [0.2, 0.25) is 0 Å². The second-order valence-electron chi connectivity index (χ2n) is 5.81. The molecule has 0 bridgehead atoms. The van der Waals surface area contributed by atoms with Gasteiger partial charge >= 0.3 is 11.9 Å². The monoisotopic (exact) mass is 341 g/mol. The van der Waals surface area contributed by atoms with Crippen molar-refractivity contribution in [2.45, 2.75) is 24.6 Å². The Morgan fingerprint density at radius 3 is 2.75 bits per heavy atom. The first-order valence-electron chi connectivity index (χ1n) is 7.29. The molecule has 1 saturated heterocycles. The Morgan fingerprint density at radius 2 is 2.08 bits per heavy atom. The molecule has 1 aromatic heterocycles. The summed E-state index contributed by atoms with van der Waals surface area (Å²) < 4.78 is 39.3. The van der Waals surface area contributed by atoms with Crippen LogP contribution in [0.5, 0.6) is 0 Å². The fourth-order valence-electron chi connectivity index (χ4n) is 3.05. The summed E-state index contributed by atoms with van der Waals surface area (Å²) in [7, 11) is 0. The molecule has 9 heteroatoms. The van der Waals surface area contributed by atoms with Crippen LogP contribution in [0.4, 0.5) is 24.5 Å². The van der Waals surface area contributed by atoms with Gasteiger partial charge in [-0.1, -0.05) is 0 Å². The van der Waals surface area contributed by atoms with E-state index in [0.29, 0.717) is 5.52 Å². The second kappa shape index (κ2) is 5.59. The van der Waals surface area contributed by atoms with Crippen LogP contribution >= 0.6 is 0 Å². The number of anilines is 1. The standard InChI is InChI=1S/C15H14F3N3O3/c16-15(17,18)14(22)6-2-8-20(9-14)12-5-4-11-10(3-1-7-19-11)13(12)21(23)24/h1,3-5,7,22H,2,6,8-9H2. The van der Waals surface area contributed by atoms with E-state index in [-0.39, 0.29) is 29.7 Å². The zero-order valence-electron chi connectivity index (χ0n) is 12.5. The van der Waals surface area contributed by atoms with E-state index in [4.69, 9.17) is 0 Å². The van der Waals surface area contributed by atoms with Crippen LogP contribution < -0.4 is 4.90 Å². The van der Waals surface area contributed by atoms with Crippen molar-refractivity contribution in [2.75, 3.05) is 18.0 Å². The number of halogens is 3. The summed E-state index contributed by atoms with van der Waals surface area (Å²) in [6.45, 7) is -0.534. The van der Waals surface area contributed by atoms with Crippen LogP contribution in [0.3, 0.4) is 0 Å². The lowest BCUT2D eigenvalue weighted by atomic mass is 9.91. The Kier molecular flexibility index (Phi) is 3.83. The Labute approximate surface area is 134 Å². The van der Waals surface area contributed by atoms with E-state index in [9.17, 15) is 28.4 Å². The lowest BCUT2D eigenvalue weighted by Crippen LogP contribution is -2.57. The van der Waals surface area contributed by atoms with Crippen LogP contribution in [0, 0.1) is 10.1 Å². The van der Waals surface area contributed by atoms with Crippen molar-refractivity contribution in [2.24, 2.45) is 0 Å². The maximum atomic E-state index is 13.1. The molecule has 0 spiro atoms. The molecule has 0 radical (unpaired) electrons. The van der Waals surface area contributed by atoms with Gasteiger partial charge in [0.25, 0.3) is 0 Å². The topological polar surface area (TPSA) is 79.5 Å². The first-order chi connectivity index (χ1) is 11.2. The number of hydrogen-bond acceptors (Lipinski definition) is 5. The number of nitrogens with zero attached hydrogens (tertiary/aromatic N) is 3. The Hall–Kier alpha value is -2.42. The lowest BCUT2D eigenvalue weighted by molar-refractivity contribution is -0.382. The number of aliphatic hydroxyl groups is 1. The normalized spacial score (nSPS) is 21.9. The Bertz CT molecular complexity index is 796.